The van der Waals surface area contributed by atoms with Crippen LogP contribution in [0, 0.1) is 16.4 Å². The molecule has 94 valence electrons. The Bertz CT molecular complexity index is 641. The first-order valence-electron chi connectivity index (χ1n) is 5.43. The Kier molecular flexibility index (Phi) is 3.09. The Morgan fingerprint density at radius 2 is 2.28 bits per heavy atom. The van der Waals surface area contributed by atoms with E-state index in [9.17, 15) is 4.39 Å². The van der Waals surface area contributed by atoms with E-state index in [0.29, 0.717) is 23.2 Å². The fraction of sp³-hybridized carbons (Fsp3) is 0.250. The number of rotatable bonds is 0. The molecule has 0 bridgehead atoms. The Morgan fingerprint density at radius 3 is 3.06 bits per heavy atom. The van der Waals surface area contributed by atoms with E-state index in [4.69, 9.17) is 4.74 Å². The van der Waals surface area contributed by atoms with Crippen molar-refractivity contribution in [3.63, 3.8) is 0 Å². The van der Waals surface area contributed by atoms with Gasteiger partial charge in [-0.1, -0.05) is 0 Å². The molecule has 1 aromatic heterocycles. The van der Waals surface area contributed by atoms with Gasteiger partial charge in [-0.3, -0.25) is 0 Å². The Balaban J connectivity index is 2.31. The summed E-state index contributed by atoms with van der Waals surface area (Å²) in [6.07, 6.45) is 0. The summed E-state index contributed by atoms with van der Waals surface area (Å²) < 4.78 is 23.0. The molecule has 1 aromatic carbocycles. The van der Waals surface area contributed by atoms with Crippen molar-refractivity contribution in [1.29, 1.82) is 0 Å². The molecule has 1 aliphatic rings. The minimum atomic E-state index is -0.364. The lowest BCUT2D eigenvalue weighted by Crippen LogP contribution is -2.07. The molecule has 0 spiro atoms. The fourth-order valence-corrected chi connectivity index (χ4v) is 2.90. The molecule has 0 radical (unpaired) electrons. The Hall–Kier alpha value is -0.630. The van der Waals surface area contributed by atoms with Crippen LogP contribution in [0.25, 0.3) is 11.4 Å². The van der Waals surface area contributed by atoms with E-state index in [1.54, 1.807) is 6.07 Å². The van der Waals surface area contributed by atoms with Crippen LogP contribution in [0.3, 0.4) is 0 Å². The first-order valence-corrected chi connectivity index (χ1v) is 7.30. The van der Waals surface area contributed by atoms with E-state index in [2.05, 4.69) is 48.1 Å². The predicted octanol–water partition coefficient (Wildman–Crippen LogP) is 3.76. The van der Waals surface area contributed by atoms with Crippen LogP contribution in [0.2, 0.25) is 0 Å². The zero-order valence-electron chi connectivity index (χ0n) is 9.51. The quantitative estimate of drug-likeness (QED) is 0.604. The third-order valence-electron chi connectivity index (χ3n) is 3.02. The smallest absolute Gasteiger partial charge is 0.179 e. The van der Waals surface area contributed by atoms with Gasteiger partial charge in [0, 0.05) is 5.69 Å². The lowest BCUT2D eigenvalue weighted by molar-refractivity contribution is 0.291. The molecular weight excluding hydrogens is 414 g/mol. The molecule has 0 saturated heterocycles. The highest BCUT2D eigenvalue weighted by Crippen LogP contribution is 2.38. The molecule has 18 heavy (non-hydrogen) atoms. The van der Waals surface area contributed by atoms with Crippen LogP contribution in [0.15, 0.2) is 16.6 Å². The summed E-state index contributed by atoms with van der Waals surface area (Å²) in [5, 5.41) is 0. The Labute approximate surface area is 126 Å². The first kappa shape index (κ1) is 12.4. The van der Waals surface area contributed by atoms with E-state index in [1.165, 1.54) is 0 Å². The number of aromatic nitrogens is 2. The van der Waals surface area contributed by atoms with E-state index in [-0.39, 0.29) is 11.6 Å². The van der Waals surface area contributed by atoms with Crippen LogP contribution >= 0.6 is 38.5 Å². The number of benzene rings is 1. The van der Waals surface area contributed by atoms with Gasteiger partial charge in [-0.2, -0.15) is 0 Å². The molecule has 1 aliphatic heterocycles. The SMILES string of the molecule is Cc1c(I)nc2n1CCOc1c-2ccc(Br)c1F. The van der Waals surface area contributed by atoms with Crippen molar-refractivity contribution in [3.05, 3.63) is 31.8 Å². The van der Waals surface area contributed by atoms with Gasteiger partial charge in [-0.05, 0) is 57.6 Å². The van der Waals surface area contributed by atoms with Gasteiger partial charge in [0.1, 0.15) is 16.1 Å². The third-order valence-corrected chi connectivity index (χ3v) is 4.65. The maximum absolute atomic E-state index is 14.1. The summed E-state index contributed by atoms with van der Waals surface area (Å²) in [7, 11) is 0. The second kappa shape index (κ2) is 4.48. The topological polar surface area (TPSA) is 27.1 Å². The molecule has 2 heterocycles. The maximum Gasteiger partial charge on any atom is 0.179 e. The zero-order chi connectivity index (χ0) is 12.9. The van der Waals surface area contributed by atoms with Crippen LogP contribution in [0.5, 0.6) is 5.75 Å². The van der Waals surface area contributed by atoms with E-state index in [1.807, 2.05) is 13.0 Å². The minimum absolute atomic E-state index is 0.282. The molecule has 0 atom stereocenters. The summed E-state index contributed by atoms with van der Waals surface area (Å²) in [5.74, 6) is 0.692. The van der Waals surface area contributed by atoms with Gasteiger partial charge in [0.15, 0.2) is 11.6 Å². The van der Waals surface area contributed by atoms with Gasteiger partial charge >= 0.3 is 0 Å². The van der Waals surface area contributed by atoms with Crippen molar-refractivity contribution in [1.82, 2.24) is 9.55 Å². The van der Waals surface area contributed by atoms with Crippen LogP contribution in [0.4, 0.5) is 4.39 Å². The van der Waals surface area contributed by atoms with Gasteiger partial charge in [-0.25, -0.2) is 9.37 Å². The second-order valence-electron chi connectivity index (χ2n) is 4.05. The second-order valence-corrected chi connectivity index (χ2v) is 5.93. The standard InChI is InChI=1S/C12H9BrFIN2O/c1-6-11(15)16-12-7-2-3-8(13)9(14)10(7)18-5-4-17(6)12/h2-3H,4-5H2,1H3. The number of hydrogen-bond acceptors (Lipinski definition) is 2. The number of imidazole rings is 1. The predicted molar refractivity (Wildman–Crippen MR) is 78.3 cm³/mol. The number of nitrogens with zero attached hydrogens (tertiary/aromatic N) is 2. The maximum atomic E-state index is 14.1. The van der Waals surface area contributed by atoms with Crippen LogP contribution in [0.1, 0.15) is 5.69 Å². The molecular formula is C12H9BrFIN2O. The van der Waals surface area contributed by atoms with Crippen molar-refractivity contribution in [2.75, 3.05) is 6.61 Å². The Morgan fingerprint density at radius 1 is 1.50 bits per heavy atom. The zero-order valence-corrected chi connectivity index (χ0v) is 13.2. The lowest BCUT2D eigenvalue weighted by Gasteiger charge is -2.08. The molecule has 0 aliphatic carbocycles. The number of ether oxygens (including phenoxy) is 1. The molecule has 0 fully saturated rings. The summed E-state index contributed by atoms with van der Waals surface area (Å²) in [5.41, 5.74) is 1.80. The van der Waals surface area contributed by atoms with Crippen molar-refractivity contribution >= 4 is 38.5 Å². The molecule has 0 unspecified atom stereocenters. The summed E-state index contributed by atoms with van der Waals surface area (Å²) in [6, 6.07) is 3.52. The minimum Gasteiger partial charge on any atom is -0.488 e. The number of hydrogen-bond donors (Lipinski definition) is 0. The van der Waals surface area contributed by atoms with E-state index in [0.717, 1.165) is 15.2 Å². The molecule has 3 nitrogen and oxygen atoms in total. The largest absolute Gasteiger partial charge is 0.488 e. The van der Waals surface area contributed by atoms with Crippen LogP contribution in [-0.2, 0) is 6.54 Å². The van der Waals surface area contributed by atoms with Gasteiger partial charge in [0.2, 0.25) is 0 Å². The first-order chi connectivity index (χ1) is 8.59. The number of fused-ring (bicyclic) bond motifs is 3. The highest BCUT2D eigenvalue weighted by molar-refractivity contribution is 14.1. The highest BCUT2D eigenvalue weighted by Gasteiger charge is 2.23. The average molecular weight is 423 g/mol. The van der Waals surface area contributed by atoms with Crippen molar-refractivity contribution in [3.8, 4) is 17.1 Å². The van der Waals surface area contributed by atoms with Crippen molar-refractivity contribution in [2.24, 2.45) is 0 Å². The summed E-state index contributed by atoms with van der Waals surface area (Å²) in [4.78, 5) is 4.51. The van der Waals surface area contributed by atoms with E-state index >= 15 is 0 Å². The van der Waals surface area contributed by atoms with Gasteiger partial charge in [0.25, 0.3) is 0 Å². The molecule has 0 amide bonds. The van der Waals surface area contributed by atoms with Crippen molar-refractivity contribution < 1.29 is 9.13 Å². The number of halogens is 3. The molecule has 0 saturated carbocycles. The third kappa shape index (κ3) is 1.77. The molecule has 0 N–H and O–H groups in total. The molecule has 3 rings (SSSR count). The molecule has 6 heteroatoms. The van der Waals surface area contributed by atoms with E-state index < -0.39 is 0 Å². The van der Waals surface area contributed by atoms with Crippen molar-refractivity contribution in [2.45, 2.75) is 13.5 Å². The summed E-state index contributed by atoms with van der Waals surface area (Å²) >= 11 is 5.37. The van der Waals surface area contributed by atoms with Gasteiger partial charge in [0.05, 0.1) is 16.6 Å². The average Bonchev–Trinajstić information content (AvgIpc) is 2.54. The van der Waals surface area contributed by atoms with Gasteiger partial charge < -0.3 is 9.30 Å². The molecule has 2 aromatic rings. The summed E-state index contributed by atoms with van der Waals surface area (Å²) in [6.45, 7) is 3.14. The normalized spacial score (nSPS) is 13.6. The van der Waals surface area contributed by atoms with Gasteiger partial charge in [-0.15, -0.1) is 0 Å². The van der Waals surface area contributed by atoms with Crippen LogP contribution in [-0.4, -0.2) is 16.2 Å². The monoisotopic (exact) mass is 422 g/mol. The fourth-order valence-electron chi connectivity index (χ4n) is 2.07. The lowest BCUT2D eigenvalue weighted by atomic mass is 10.2. The highest BCUT2D eigenvalue weighted by atomic mass is 127. The van der Waals surface area contributed by atoms with Crippen LogP contribution < -0.4 is 4.74 Å².